The van der Waals surface area contributed by atoms with Crippen LogP contribution >= 0.6 is 11.6 Å². The molecule has 0 aliphatic carbocycles. The lowest BCUT2D eigenvalue weighted by Gasteiger charge is -2.11. The summed E-state index contributed by atoms with van der Waals surface area (Å²) in [7, 11) is -2.31. The zero-order valence-corrected chi connectivity index (χ0v) is 16.6. The molecule has 1 amide bonds. The van der Waals surface area contributed by atoms with E-state index in [1.807, 2.05) is 0 Å². The van der Waals surface area contributed by atoms with Crippen molar-refractivity contribution in [2.45, 2.75) is 18.7 Å². The summed E-state index contributed by atoms with van der Waals surface area (Å²) in [6, 6.07) is 12.2. The summed E-state index contributed by atoms with van der Waals surface area (Å²) >= 11 is 6.19. The second kappa shape index (κ2) is 7.17. The molecule has 3 aromatic rings. The number of benzene rings is 2. The van der Waals surface area contributed by atoms with Crippen LogP contribution in [0.4, 0.5) is 0 Å². The number of nitrogens with one attached hydrogen (secondary N) is 1. The number of amides is 1. The Kier molecular flexibility index (Phi) is 5.08. The van der Waals surface area contributed by atoms with Crippen molar-refractivity contribution in [1.82, 2.24) is 14.3 Å². The smallest absolute Gasteiger partial charge is 0.285 e. The lowest BCUT2D eigenvalue weighted by Crippen LogP contribution is -2.31. The number of imidazole rings is 1. The molecule has 1 aromatic heterocycles. The van der Waals surface area contributed by atoms with E-state index in [1.165, 1.54) is 6.20 Å². The topological polar surface area (TPSA) is 81.1 Å². The van der Waals surface area contributed by atoms with Gasteiger partial charge in [0.1, 0.15) is 11.5 Å². The minimum atomic E-state index is -4.02. The second-order valence-electron chi connectivity index (χ2n) is 6.20. The van der Waals surface area contributed by atoms with E-state index in [0.717, 1.165) is 0 Å². The molecule has 3 rings (SSSR count). The number of carbonyl (C=O) groups is 1. The van der Waals surface area contributed by atoms with Crippen LogP contribution in [0.2, 0.25) is 5.02 Å². The Balaban J connectivity index is 1.94. The normalized spacial score (nSPS) is 11.4. The van der Waals surface area contributed by atoms with Crippen LogP contribution in [0.5, 0.6) is 0 Å². The van der Waals surface area contributed by atoms with Crippen molar-refractivity contribution in [1.29, 1.82) is 0 Å². The highest BCUT2D eigenvalue weighted by Gasteiger charge is 2.24. The number of sulfonamides is 1. The van der Waals surface area contributed by atoms with Gasteiger partial charge in [-0.1, -0.05) is 41.9 Å². The first-order chi connectivity index (χ1) is 12.7. The number of nitrogens with zero attached hydrogens (tertiary/aromatic N) is 2. The summed E-state index contributed by atoms with van der Waals surface area (Å²) in [4.78, 5) is 16.9. The Bertz CT molecular complexity index is 1120. The highest BCUT2D eigenvalue weighted by Crippen LogP contribution is 2.26. The van der Waals surface area contributed by atoms with Crippen LogP contribution in [0.1, 0.15) is 21.6 Å². The van der Waals surface area contributed by atoms with Crippen LogP contribution in [0.3, 0.4) is 0 Å². The minimum absolute atomic E-state index is 0.0118. The molecule has 0 saturated heterocycles. The number of hydrogen-bond donors (Lipinski definition) is 1. The van der Waals surface area contributed by atoms with Crippen LogP contribution in [0.25, 0.3) is 11.4 Å². The molecular weight excluding hydrogens is 386 g/mol. The third-order valence-corrected chi connectivity index (χ3v) is 6.09. The zero-order valence-electron chi connectivity index (χ0n) is 15.0. The minimum Gasteiger partial charge on any atom is -0.333 e. The van der Waals surface area contributed by atoms with E-state index in [0.29, 0.717) is 27.5 Å². The van der Waals surface area contributed by atoms with Gasteiger partial charge in [-0.25, -0.2) is 18.1 Å². The highest BCUT2D eigenvalue weighted by atomic mass is 35.5. The van der Waals surface area contributed by atoms with Gasteiger partial charge in [0.05, 0.1) is 9.92 Å². The standard InChI is InChI=1S/C19H18ClN3O3S/c1-12-7-6-8-13(2)17(12)27(25,26)22-19(24)16-11-23(3)18(21-16)14-9-4-5-10-15(14)20/h4-11H,1-3H3,(H,22,24). The summed E-state index contributed by atoms with van der Waals surface area (Å²) in [5.74, 6) is -0.332. The van der Waals surface area contributed by atoms with Gasteiger partial charge in [-0.15, -0.1) is 0 Å². The van der Waals surface area contributed by atoms with E-state index < -0.39 is 15.9 Å². The largest absolute Gasteiger partial charge is 0.333 e. The molecular formula is C19H18ClN3O3S. The van der Waals surface area contributed by atoms with Crippen LogP contribution < -0.4 is 4.72 Å². The van der Waals surface area contributed by atoms with Crippen LogP contribution in [0, 0.1) is 13.8 Å². The Morgan fingerprint density at radius 3 is 2.33 bits per heavy atom. The van der Waals surface area contributed by atoms with Gasteiger partial charge >= 0.3 is 0 Å². The van der Waals surface area contributed by atoms with Crippen molar-refractivity contribution in [2.24, 2.45) is 7.05 Å². The molecule has 1 heterocycles. The second-order valence-corrected chi connectivity index (χ2v) is 8.22. The van der Waals surface area contributed by atoms with Gasteiger partial charge in [0.2, 0.25) is 0 Å². The SMILES string of the molecule is Cc1cccc(C)c1S(=O)(=O)NC(=O)c1cn(C)c(-c2ccccc2Cl)n1. The van der Waals surface area contributed by atoms with E-state index >= 15 is 0 Å². The molecule has 27 heavy (non-hydrogen) atoms. The van der Waals surface area contributed by atoms with Gasteiger partial charge in [-0.05, 0) is 37.1 Å². The Morgan fingerprint density at radius 2 is 1.70 bits per heavy atom. The molecule has 140 valence electrons. The number of carbonyl (C=O) groups excluding carboxylic acids is 1. The first kappa shape index (κ1) is 19.1. The maximum Gasteiger partial charge on any atom is 0.285 e. The number of aromatic nitrogens is 2. The average molecular weight is 404 g/mol. The molecule has 0 unspecified atom stereocenters. The molecule has 0 aliphatic heterocycles. The predicted octanol–water partition coefficient (Wildman–Crippen LogP) is 3.48. The summed E-state index contributed by atoms with van der Waals surface area (Å²) in [6.45, 7) is 3.37. The molecule has 6 nitrogen and oxygen atoms in total. The number of halogens is 1. The summed E-state index contributed by atoms with van der Waals surface area (Å²) in [5.41, 5.74) is 1.77. The third kappa shape index (κ3) is 3.74. The summed E-state index contributed by atoms with van der Waals surface area (Å²) in [6.07, 6.45) is 1.47. The fourth-order valence-electron chi connectivity index (χ4n) is 2.92. The Morgan fingerprint density at radius 1 is 1.07 bits per heavy atom. The van der Waals surface area contributed by atoms with Gasteiger partial charge in [-0.3, -0.25) is 4.79 Å². The van der Waals surface area contributed by atoms with Gasteiger partial charge in [0.15, 0.2) is 0 Å². The number of aryl methyl sites for hydroxylation is 3. The first-order valence-corrected chi connectivity index (χ1v) is 9.98. The maximum absolute atomic E-state index is 12.7. The third-order valence-electron chi connectivity index (χ3n) is 4.13. The van der Waals surface area contributed by atoms with Crippen molar-refractivity contribution in [2.75, 3.05) is 0 Å². The number of rotatable bonds is 4. The first-order valence-electron chi connectivity index (χ1n) is 8.12. The average Bonchev–Trinajstić information content (AvgIpc) is 2.96. The van der Waals surface area contributed by atoms with E-state index in [4.69, 9.17) is 11.6 Å². The Labute approximate surface area is 162 Å². The van der Waals surface area contributed by atoms with Crippen molar-refractivity contribution < 1.29 is 13.2 Å². The molecule has 0 saturated carbocycles. The monoisotopic (exact) mass is 403 g/mol. The fraction of sp³-hybridized carbons (Fsp3) is 0.158. The lowest BCUT2D eigenvalue weighted by atomic mass is 10.2. The zero-order chi connectivity index (χ0) is 19.8. The van der Waals surface area contributed by atoms with E-state index in [2.05, 4.69) is 9.71 Å². The maximum atomic E-state index is 12.7. The lowest BCUT2D eigenvalue weighted by molar-refractivity contribution is 0.0977. The number of hydrogen-bond acceptors (Lipinski definition) is 4. The van der Waals surface area contributed by atoms with Gasteiger partial charge in [-0.2, -0.15) is 0 Å². The van der Waals surface area contributed by atoms with Crippen LogP contribution in [0.15, 0.2) is 53.6 Å². The molecule has 0 atom stereocenters. The van der Waals surface area contributed by atoms with Gasteiger partial charge in [0.25, 0.3) is 15.9 Å². The van der Waals surface area contributed by atoms with Gasteiger partial charge < -0.3 is 4.57 Å². The molecule has 0 bridgehead atoms. The van der Waals surface area contributed by atoms with Crippen molar-refractivity contribution >= 4 is 27.5 Å². The van der Waals surface area contributed by atoms with E-state index in [1.54, 1.807) is 67.9 Å². The van der Waals surface area contributed by atoms with Crippen LogP contribution in [-0.4, -0.2) is 23.9 Å². The quantitative estimate of drug-likeness (QED) is 0.723. The summed E-state index contributed by atoms with van der Waals surface area (Å²) < 4.78 is 29.1. The highest BCUT2D eigenvalue weighted by molar-refractivity contribution is 7.90. The fourth-order valence-corrected chi connectivity index (χ4v) is 4.57. The van der Waals surface area contributed by atoms with E-state index in [-0.39, 0.29) is 10.6 Å². The molecule has 2 aromatic carbocycles. The molecule has 8 heteroatoms. The summed E-state index contributed by atoms with van der Waals surface area (Å²) in [5, 5.41) is 0.487. The van der Waals surface area contributed by atoms with E-state index in [9.17, 15) is 13.2 Å². The van der Waals surface area contributed by atoms with Crippen LogP contribution in [-0.2, 0) is 17.1 Å². The predicted molar refractivity (Wildman–Crippen MR) is 104 cm³/mol. The van der Waals surface area contributed by atoms with Gasteiger partial charge in [0, 0.05) is 18.8 Å². The van der Waals surface area contributed by atoms with Crippen molar-refractivity contribution in [3.05, 3.63) is 70.5 Å². The molecule has 0 aliphatic rings. The molecule has 0 spiro atoms. The molecule has 1 N–H and O–H groups in total. The van der Waals surface area contributed by atoms with Crippen molar-refractivity contribution in [3.8, 4) is 11.4 Å². The van der Waals surface area contributed by atoms with Crippen molar-refractivity contribution in [3.63, 3.8) is 0 Å². The molecule has 0 radical (unpaired) electrons. The molecule has 0 fully saturated rings. The Hall–Kier alpha value is -2.64.